The van der Waals surface area contributed by atoms with Gasteiger partial charge in [-0.2, -0.15) is 0 Å². The van der Waals surface area contributed by atoms with Crippen molar-refractivity contribution in [1.82, 2.24) is 5.32 Å². The molecule has 17 heavy (non-hydrogen) atoms. The van der Waals surface area contributed by atoms with Crippen molar-refractivity contribution in [2.24, 2.45) is 0 Å². The normalized spacial score (nSPS) is 12.8. The van der Waals surface area contributed by atoms with Crippen LogP contribution in [0.25, 0.3) is 6.08 Å². The fourth-order valence-electron chi connectivity index (χ4n) is 1.41. The van der Waals surface area contributed by atoms with E-state index in [-0.39, 0.29) is 11.9 Å². The van der Waals surface area contributed by atoms with Crippen LogP contribution in [0.2, 0.25) is 0 Å². The van der Waals surface area contributed by atoms with Crippen LogP contribution in [0.15, 0.2) is 46.4 Å². The summed E-state index contributed by atoms with van der Waals surface area (Å²) < 4.78 is 5.10. The maximum Gasteiger partial charge on any atom is 0.244 e. The summed E-state index contributed by atoms with van der Waals surface area (Å²) in [4.78, 5) is 12.8. The third kappa shape index (κ3) is 3.32. The van der Waals surface area contributed by atoms with Crippen LogP contribution in [-0.4, -0.2) is 5.91 Å². The molecule has 0 bridgehead atoms. The Morgan fingerprint density at radius 3 is 3.00 bits per heavy atom. The Kier molecular flexibility index (Phi) is 3.77. The summed E-state index contributed by atoms with van der Waals surface area (Å²) in [6, 6.07) is 7.59. The monoisotopic (exact) mass is 247 g/mol. The minimum Gasteiger partial charge on any atom is -0.465 e. The summed E-state index contributed by atoms with van der Waals surface area (Å²) >= 11 is 1.63. The average Bonchev–Trinajstić information content (AvgIpc) is 2.99. The number of carbonyl (C=O) groups excluding carboxylic acids is 1. The molecule has 0 aliphatic rings. The minimum absolute atomic E-state index is 0.0313. The number of carbonyl (C=O) groups is 1. The summed E-state index contributed by atoms with van der Waals surface area (Å²) in [7, 11) is 0. The van der Waals surface area contributed by atoms with Crippen molar-refractivity contribution in [3.05, 3.63) is 52.6 Å². The highest BCUT2D eigenvalue weighted by atomic mass is 32.1. The Morgan fingerprint density at radius 2 is 2.35 bits per heavy atom. The van der Waals surface area contributed by atoms with Crippen LogP contribution in [0.5, 0.6) is 0 Å². The van der Waals surface area contributed by atoms with Gasteiger partial charge in [-0.3, -0.25) is 4.79 Å². The van der Waals surface area contributed by atoms with E-state index in [9.17, 15) is 4.79 Å². The zero-order chi connectivity index (χ0) is 12.1. The van der Waals surface area contributed by atoms with Crippen molar-refractivity contribution in [2.75, 3.05) is 0 Å². The number of thiophene rings is 1. The molecule has 0 fully saturated rings. The lowest BCUT2D eigenvalue weighted by Crippen LogP contribution is -2.23. The lowest BCUT2D eigenvalue weighted by Gasteiger charge is -2.09. The SMILES string of the molecule is C[C@@H](NC(=O)/C=C/c1ccco1)c1cccs1. The lowest BCUT2D eigenvalue weighted by atomic mass is 10.2. The maximum absolute atomic E-state index is 11.6. The molecular formula is C13H13NO2S. The number of hydrogen-bond donors (Lipinski definition) is 1. The largest absolute Gasteiger partial charge is 0.465 e. The standard InChI is InChI=1S/C13H13NO2S/c1-10(12-5-3-9-17-12)14-13(15)7-6-11-4-2-8-16-11/h2-10H,1H3,(H,14,15)/b7-6+/t10-/m1/s1. The third-order valence-corrected chi connectivity index (χ3v) is 3.33. The Labute approximate surface area is 104 Å². The summed E-state index contributed by atoms with van der Waals surface area (Å²) in [5.74, 6) is 0.547. The highest BCUT2D eigenvalue weighted by Crippen LogP contribution is 2.17. The van der Waals surface area contributed by atoms with E-state index in [1.165, 1.54) is 6.08 Å². The van der Waals surface area contributed by atoms with Gasteiger partial charge in [0.1, 0.15) is 5.76 Å². The van der Waals surface area contributed by atoms with Gasteiger partial charge >= 0.3 is 0 Å². The lowest BCUT2D eigenvalue weighted by molar-refractivity contribution is -0.117. The van der Waals surface area contributed by atoms with Gasteiger partial charge in [0.15, 0.2) is 0 Å². The third-order valence-electron chi connectivity index (χ3n) is 2.27. The van der Waals surface area contributed by atoms with E-state index in [1.54, 1.807) is 35.8 Å². The molecule has 0 aliphatic heterocycles. The van der Waals surface area contributed by atoms with Gasteiger partial charge in [-0.25, -0.2) is 0 Å². The molecule has 2 aromatic heterocycles. The first-order valence-corrected chi connectivity index (χ1v) is 6.19. The molecule has 1 atom stereocenters. The number of nitrogens with one attached hydrogen (secondary N) is 1. The Morgan fingerprint density at radius 1 is 1.47 bits per heavy atom. The van der Waals surface area contributed by atoms with Gasteiger partial charge in [0.05, 0.1) is 12.3 Å². The van der Waals surface area contributed by atoms with E-state index < -0.39 is 0 Å². The van der Waals surface area contributed by atoms with E-state index in [0.717, 1.165) is 4.88 Å². The van der Waals surface area contributed by atoms with Crippen LogP contribution in [0.1, 0.15) is 23.6 Å². The van der Waals surface area contributed by atoms with E-state index in [2.05, 4.69) is 5.32 Å². The molecule has 0 aliphatic carbocycles. The van der Waals surface area contributed by atoms with E-state index in [0.29, 0.717) is 5.76 Å². The summed E-state index contributed by atoms with van der Waals surface area (Å²) in [5, 5.41) is 4.88. The summed E-state index contributed by atoms with van der Waals surface area (Å²) in [6.07, 6.45) is 4.70. The molecule has 0 spiro atoms. The molecule has 0 saturated carbocycles. The molecule has 1 N–H and O–H groups in total. The molecule has 2 rings (SSSR count). The van der Waals surface area contributed by atoms with Crippen molar-refractivity contribution in [1.29, 1.82) is 0 Å². The van der Waals surface area contributed by atoms with Gasteiger partial charge in [0.2, 0.25) is 5.91 Å². The van der Waals surface area contributed by atoms with Crippen molar-refractivity contribution in [3.63, 3.8) is 0 Å². The first-order valence-electron chi connectivity index (χ1n) is 5.31. The van der Waals surface area contributed by atoms with Crippen LogP contribution >= 0.6 is 11.3 Å². The Hall–Kier alpha value is -1.81. The molecule has 2 heterocycles. The first-order chi connectivity index (χ1) is 8.25. The second-order valence-electron chi connectivity index (χ2n) is 3.59. The van der Waals surface area contributed by atoms with Crippen LogP contribution in [0.3, 0.4) is 0 Å². The van der Waals surface area contributed by atoms with Gasteiger partial charge in [-0.15, -0.1) is 11.3 Å². The molecule has 0 saturated heterocycles. The van der Waals surface area contributed by atoms with Crippen LogP contribution in [-0.2, 0) is 4.79 Å². The zero-order valence-electron chi connectivity index (χ0n) is 9.42. The second-order valence-corrected chi connectivity index (χ2v) is 4.57. The van der Waals surface area contributed by atoms with Gasteiger partial charge in [0.25, 0.3) is 0 Å². The van der Waals surface area contributed by atoms with Gasteiger partial charge in [-0.1, -0.05) is 6.07 Å². The predicted molar refractivity (Wildman–Crippen MR) is 68.6 cm³/mol. The van der Waals surface area contributed by atoms with E-state index in [4.69, 9.17) is 4.42 Å². The smallest absolute Gasteiger partial charge is 0.244 e. The Balaban J connectivity index is 1.89. The van der Waals surface area contributed by atoms with Gasteiger partial charge in [-0.05, 0) is 36.6 Å². The van der Waals surface area contributed by atoms with Crippen molar-refractivity contribution >= 4 is 23.3 Å². The zero-order valence-corrected chi connectivity index (χ0v) is 10.2. The minimum atomic E-state index is -0.123. The number of rotatable bonds is 4. The van der Waals surface area contributed by atoms with Crippen molar-refractivity contribution < 1.29 is 9.21 Å². The van der Waals surface area contributed by atoms with Crippen LogP contribution in [0.4, 0.5) is 0 Å². The highest BCUT2D eigenvalue weighted by molar-refractivity contribution is 7.10. The van der Waals surface area contributed by atoms with Crippen LogP contribution < -0.4 is 5.32 Å². The second kappa shape index (κ2) is 5.50. The first kappa shape index (κ1) is 11.7. The molecule has 1 amide bonds. The highest BCUT2D eigenvalue weighted by Gasteiger charge is 2.07. The molecular weight excluding hydrogens is 234 g/mol. The molecule has 0 radical (unpaired) electrons. The Bertz CT molecular complexity index is 485. The maximum atomic E-state index is 11.6. The molecule has 88 valence electrons. The molecule has 2 aromatic rings. The molecule has 0 aromatic carbocycles. The molecule has 3 nitrogen and oxygen atoms in total. The van der Waals surface area contributed by atoms with Crippen molar-refractivity contribution in [2.45, 2.75) is 13.0 Å². The summed E-state index contributed by atoms with van der Waals surface area (Å²) in [5.41, 5.74) is 0. The van der Waals surface area contributed by atoms with Crippen LogP contribution in [0, 0.1) is 0 Å². The van der Waals surface area contributed by atoms with E-state index >= 15 is 0 Å². The van der Waals surface area contributed by atoms with Gasteiger partial charge < -0.3 is 9.73 Å². The van der Waals surface area contributed by atoms with Gasteiger partial charge in [0, 0.05) is 11.0 Å². The van der Waals surface area contributed by atoms with E-state index in [1.807, 2.05) is 24.4 Å². The number of amides is 1. The quantitative estimate of drug-likeness (QED) is 0.843. The van der Waals surface area contributed by atoms with Crippen molar-refractivity contribution in [3.8, 4) is 0 Å². The predicted octanol–water partition coefficient (Wildman–Crippen LogP) is 3.23. The fraction of sp³-hybridized carbons (Fsp3) is 0.154. The molecule has 4 heteroatoms. The number of hydrogen-bond acceptors (Lipinski definition) is 3. The fourth-order valence-corrected chi connectivity index (χ4v) is 2.15. The molecule has 0 unspecified atom stereocenters. The average molecular weight is 247 g/mol. The number of furan rings is 1. The summed E-state index contributed by atoms with van der Waals surface area (Å²) in [6.45, 7) is 1.96. The topological polar surface area (TPSA) is 42.2 Å².